The maximum Gasteiger partial charge on any atom is 0.175 e. The number of ether oxygens (including phenoxy) is 1. The van der Waals surface area contributed by atoms with Crippen LogP contribution in [0.2, 0.25) is 0 Å². The third kappa shape index (κ3) is 3.22. The molecule has 1 aromatic heterocycles. The largest absolute Gasteiger partial charge is 0.497 e. The van der Waals surface area contributed by atoms with Crippen molar-refractivity contribution in [3.05, 3.63) is 72.8 Å². The van der Waals surface area contributed by atoms with Crippen LogP contribution in [-0.4, -0.2) is 21.8 Å². The molecule has 4 aromatic rings. The van der Waals surface area contributed by atoms with E-state index in [2.05, 4.69) is 0 Å². The first-order chi connectivity index (χ1) is 13.0. The molecule has 0 aliphatic carbocycles. The molecule has 5 heteroatoms. The maximum absolute atomic E-state index is 12.0. The highest BCUT2D eigenvalue weighted by molar-refractivity contribution is 7.90. The zero-order valence-electron chi connectivity index (χ0n) is 15.0. The van der Waals surface area contributed by atoms with Crippen molar-refractivity contribution in [2.24, 2.45) is 0 Å². The zero-order chi connectivity index (χ0) is 19.0. The topological polar surface area (TPSA) is 56.5 Å². The van der Waals surface area contributed by atoms with Crippen LogP contribution in [0.3, 0.4) is 0 Å². The molecule has 0 saturated heterocycles. The third-order valence-electron chi connectivity index (χ3n) is 4.50. The predicted molar refractivity (Wildman–Crippen MR) is 107 cm³/mol. The van der Waals surface area contributed by atoms with E-state index in [-0.39, 0.29) is 4.90 Å². The van der Waals surface area contributed by atoms with Crippen molar-refractivity contribution >= 4 is 20.8 Å². The Hall–Kier alpha value is -3.05. The summed E-state index contributed by atoms with van der Waals surface area (Å²) < 4.78 is 35.5. The Morgan fingerprint density at radius 3 is 2.19 bits per heavy atom. The van der Waals surface area contributed by atoms with Crippen LogP contribution < -0.4 is 4.74 Å². The van der Waals surface area contributed by atoms with E-state index in [1.165, 1.54) is 6.26 Å². The number of hydrogen-bond acceptors (Lipinski definition) is 4. The molecule has 4 rings (SSSR count). The van der Waals surface area contributed by atoms with Gasteiger partial charge in [-0.1, -0.05) is 42.5 Å². The number of methoxy groups -OCH3 is 1. The van der Waals surface area contributed by atoms with Gasteiger partial charge in [0.1, 0.15) is 17.1 Å². The molecule has 0 unspecified atom stereocenters. The Bertz CT molecular complexity index is 1200. The Morgan fingerprint density at radius 2 is 1.56 bits per heavy atom. The quantitative estimate of drug-likeness (QED) is 0.491. The minimum Gasteiger partial charge on any atom is -0.497 e. The van der Waals surface area contributed by atoms with E-state index < -0.39 is 9.84 Å². The molecular weight excluding hydrogens is 360 g/mol. The third-order valence-corrected chi connectivity index (χ3v) is 5.61. The fourth-order valence-corrected chi connectivity index (χ4v) is 3.79. The lowest BCUT2D eigenvalue weighted by Gasteiger charge is -2.06. The van der Waals surface area contributed by atoms with E-state index >= 15 is 0 Å². The Kier molecular flexibility index (Phi) is 4.24. The van der Waals surface area contributed by atoms with Crippen molar-refractivity contribution in [1.82, 2.24) is 0 Å². The first kappa shape index (κ1) is 17.4. The molecule has 4 nitrogen and oxygen atoms in total. The van der Waals surface area contributed by atoms with Crippen molar-refractivity contribution in [3.63, 3.8) is 0 Å². The fraction of sp³-hybridized carbons (Fsp3) is 0.0909. The summed E-state index contributed by atoms with van der Waals surface area (Å²) >= 11 is 0. The van der Waals surface area contributed by atoms with Gasteiger partial charge in [0.15, 0.2) is 9.84 Å². The van der Waals surface area contributed by atoms with Crippen molar-refractivity contribution in [3.8, 4) is 28.2 Å². The second kappa shape index (κ2) is 6.59. The summed E-state index contributed by atoms with van der Waals surface area (Å²) in [6, 6.07) is 22.4. The number of sulfone groups is 1. The van der Waals surface area contributed by atoms with Crippen LogP contribution in [0.5, 0.6) is 5.75 Å². The highest BCUT2D eigenvalue weighted by Crippen LogP contribution is 2.41. The lowest BCUT2D eigenvalue weighted by Crippen LogP contribution is -1.96. The first-order valence-electron chi connectivity index (χ1n) is 8.44. The van der Waals surface area contributed by atoms with E-state index in [1.54, 1.807) is 25.3 Å². The van der Waals surface area contributed by atoms with E-state index in [0.717, 1.165) is 27.8 Å². The van der Waals surface area contributed by atoms with E-state index in [0.29, 0.717) is 11.3 Å². The summed E-state index contributed by atoms with van der Waals surface area (Å²) in [7, 11) is -1.70. The fourth-order valence-electron chi connectivity index (χ4n) is 3.14. The van der Waals surface area contributed by atoms with E-state index in [9.17, 15) is 8.42 Å². The number of benzene rings is 3. The van der Waals surface area contributed by atoms with Crippen LogP contribution in [0, 0.1) is 0 Å². The number of fused-ring (bicyclic) bond motifs is 1. The second-order valence-corrected chi connectivity index (χ2v) is 8.35. The Balaban J connectivity index is 2.04. The first-order valence-corrected chi connectivity index (χ1v) is 10.3. The van der Waals surface area contributed by atoms with E-state index in [4.69, 9.17) is 9.15 Å². The molecule has 0 fully saturated rings. The lowest BCUT2D eigenvalue weighted by atomic mass is 9.98. The molecule has 0 aliphatic heterocycles. The summed E-state index contributed by atoms with van der Waals surface area (Å²) in [6.45, 7) is 0. The molecule has 0 amide bonds. The highest BCUT2D eigenvalue weighted by atomic mass is 32.2. The van der Waals surface area contributed by atoms with E-state index in [1.807, 2.05) is 54.6 Å². The molecule has 1 heterocycles. The van der Waals surface area contributed by atoms with Gasteiger partial charge in [0.05, 0.1) is 12.0 Å². The van der Waals surface area contributed by atoms with Gasteiger partial charge in [-0.2, -0.15) is 0 Å². The lowest BCUT2D eigenvalue weighted by molar-refractivity contribution is 0.415. The Labute approximate surface area is 157 Å². The molecule has 3 aromatic carbocycles. The summed E-state index contributed by atoms with van der Waals surface area (Å²) in [5.74, 6) is 1.46. The highest BCUT2D eigenvalue weighted by Gasteiger charge is 2.19. The predicted octanol–water partition coefficient (Wildman–Crippen LogP) is 5.18. The van der Waals surface area contributed by atoms with Crippen molar-refractivity contribution in [2.45, 2.75) is 4.90 Å². The van der Waals surface area contributed by atoms with Gasteiger partial charge in [0.25, 0.3) is 0 Å². The average Bonchev–Trinajstić information content (AvgIpc) is 3.07. The van der Waals surface area contributed by atoms with Gasteiger partial charge in [0.2, 0.25) is 0 Å². The van der Waals surface area contributed by atoms with Gasteiger partial charge in [-0.05, 0) is 35.9 Å². The number of rotatable bonds is 4. The van der Waals surface area contributed by atoms with Crippen LogP contribution in [-0.2, 0) is 9.84 Å². The minimum atomic E-state index is -3.32. The summed E-state index contributed by atoms with van der Waals surface area (Å²) in [6.07, 6.45) is 1.21. The molecule has 27 heavy (non-hydrogen) atoms. The molecule has 0 atom stereocenters. The molecule has 0 spiro atoms. The van der Waals surface area contributed by atoms with Gasteiger partial charge in [-0.25, -0.2) is 8.42 Å². The van der Waals surface area contributed by atoms with Crippen LogP contribution in [0.1, 0.15) is 0 Å². The number of hydrogen-bond donors (Lipinski definition) is 0. The van der Waals surface area contributed by atoms with Gasteiger partial charge >= 0.3 is 0 Å². The van der Waals surface area contributed by atoms with Crippen LogP contribution in [0.25, 0.3) is 33.4 Å². The van der Waals surface area contributed by atoms with Crippen LogP contribution in [0.15, 0.2) is 82.1 Å². The van der Waals surface area contributed by atoms with Crippen molar-refractivity contribution < 1.29 is 17.6 Å². The summed E-state index contributed by atoms with van der Waals surface area (Å²) in [4.78, 5) is 0.269. The van der Waals surface area contributed by atoms with Crippen LogP contribution >= 0.6 is 0 Å². The zero-order valence-corrected chi connectivity index (χ0v) is 15.8. The number of furan rings is 1. The van der Waals surface area contributed by atoms with Crippen LogP contribution in [0.4, 0.5) is 0 Å². The molecular formula is C22H18O4S. The van der Waals surface area contributed by atoms with Crippen molar-refractivity contribution in [2.75, 3.05) is 13.4 Å². The SMILES string of the molecule is COc1ccc(-c2c(-c3ccccc3)oc3ccc(S(C)(=O)=O)cc23)cc1. The minimum absolute atomic E-state index is 0.269. The van der Waals surface area contributed by atoms with Gasteiger partial charge in [0, 0.05) is 22.8 Å². The van der Waals surface area contributed by atoms with Gasteiger partial charge in [-0.15, -0.1) is 0 Å². The molecule has 0 saturated carbocycles. The molecule has 0 aliphatic rings. The normalized spacial score (nSPS) is 11.6. The van der Waals surface area contributed by atoms with Crippen molar-refractivity contribution in [1.29, 1.82) is 0 Å². The molecule has 0 bridgehead atoms. The summed E-state index contributed by atoms with van der Waals surface area (Å²) in [5.41, 5.74) is 3.37. The monoisotopic (exact) mass is 378 g/mol. The maximum atomic E-state index is 12.0. The van der Waals surface area contributed by atoms with Gasteiger partial charge in [-0.3, -0.25) is 0 Å². The summed E-state index contributed by atoms with van der Waals surface area (Å²) in [5, 5.41) is 0.766. The molecule has 0 radical (unpaired) electrons. The smallest absolute Gasteiger partial charge is 0.175 e. The van der Waals surface area contributed by atoms with Gasteiger partial charge < -0.3 is 9.15 Å². The second-order valence-electron chi connectivity index (χ2n) is 6.33. The molecule has 136 valence electrons. The molecule has 0 N–H and O–H groups in total. The standard InChI is InChI=1S/C22H18O4S/c1-25-17-10-8-15(9-11-17)21-19-14-18(27(2,23)24)12-13-20(19)26-22(21)16-6-4-3-5-7-16/h3-14H,1-2H3. The Morgan fingerprint density at radius 1 is 0.852 bits per heavy atom. The average molecular weight is 378 g/mol.